The number of hydrogen-bond acceptors (Lipinski definition) is 3. The summed E-state index contributed by atoms with van der Waals surface area (Å²) in [4.78, 5) is 30.6. The lowest BCUT2D eigenvalue weighted by Gasteiger charge is -2.38. The molecule has 2 aromatic heterocycles. The number of thiophene rings is 1. The Morgan fingerprint density at radius 3 is 2.58 bits per heavy atom. The first-order valence-corrected chi connectivity index (χ1v) is 11.3. The van der Waals surface area contributed by atoms with Crippen molar-refractivity contribution in [3.63, 3.8) is 0 Å². The molecular formula is C24H26FN3O2S. The van der Waals surface area contributed by atoms with Crippen molar-refractivity contribution in [2.45, 2.75) is 26.4 Å². The maximum absolute atomic E-state index is 13.5. The Labute approximate surface area is 185 Å². The molecule has 3 aromatic rings. The van der Waals surface area contributed by atoms with E-state index < -0.39 is 0 Å². The van der Waals surface area contributed by atoms with Gasteiger partial charge in [-0.1, -0.05) is 32.0 Å². The van der Waals surface area contributed by atoms with Gasteiger partial charge in [-0.05, 0) is 47.2 Å². The first-order chi connectivity index (χ1) is 14.9. The average molecular weight is 440 g/mol. The Hall–Kier alpha value is -2.93. The van der Waals surface area contributed by atoms with Gasteiger partial charge in [0.2, 0.25) is 5.91 Å². The smallest absolute Gasteiger partial charge is 0.264 e. The third-order valence-electron chi connectivity index (χ3n) is 5.48. The molecule has 1 atom stereocenters. The first kappa shape index (κ1) is 21.3. The lowest BCUT2D eigenvalue weighted by Crippen LogP contribution is -2.48. The van der Waals surface area contributed by atoms with Crippen LogP contribution < -0.4 is 0 Å². The second kappa shape index (κ2) is 9.06. The first-order valence-electron chi connectivity index (χ1n) is 10.5. The summed E-state index contributed by atoms with van der Waals surface area (Å²) < 4.78 is 15.7. The van der Waals surface area contributed by atoms with Gasteiger partial charge in [-0.3, -0.25) is 9.59 Å². The molecule has 0 aliphatic carbocycles. The molecule has 0 saturated carbocycles. The second-order valence-corrected chi connectivity index (χ2v) is 9.17. The van der Waals surface area contributed by atoms with E-state index in [0.717, 1.165) is 11.3 Å². The van der Waals surface area contributed by atoms with Crippen LogP contribution in [-0.4, -0.2) is 45.8 Å². The Bertz CT molecular complexity index is 1040. The summed E-state index contributed by atoms with van der Waals surface area (Å²) >= 11 is 1.38. The Kier molecular flexibility index (Phi) is 6.23. The van der Waals surface area contributed by atoms with Crippen molar-refractivity contribution in [3.05, 3.63) is 82.1 Å². The molecule has 1 aromatic carbocycles. The van der Waals surface area contributed by atoms with Gasteiger partial charge >= 0.3 is 0 Å². The molecule has 7 heteroatoms. The minimum absolute atomic E-state index is 0.0211. The van der Waals surface area contributed by atoms with E-state index in [4.69, 9.17) is 0 Å². The van der Waals surface area contributed by atoms with Crippen molar-refractivity contribution in [1.82, 2.24) is 14.4 Å². The van der Waals surface area contributed by atoms with Crippen LogP contribution in [0.3, 0.4) is 0 Å². The van der Waals surface area contributed by atoms with E-state index in [2.05, 4.69) is 4.57 Å². The summed E-state index contributed by atoms with van der Waals surface area (Å²) in [6.07, 6.45) is 2.00. The van der Waals surface area contributed by atoms with Crippen LogP contribution in [0.2, 0.25) is 0 Å². The van der Waals surface area contributed by atoms with Crippen molar-refractivity contribution in [1.29, 1.82) is 0 Å². The zero-order chi connectivity index (χ0) is 22.0. The van der Waals surface area contributed by atoms with Crippen molar-refractivity contribution in [3.8, 4) is 0 Å². The fourth-order valence-corrected chi connectivity index (χ4v) is 4.81. The average Bonchev–Trinajstić information content (AvgIpc) is 3.44. The Morgan fingerprint density at radius 2 is 1.90 bits per heavy atom. The highest BCUT2D eigenvalue weighted by Gasteiger charge is 2.33. The molecule has 31 heavy (non-hydrogen) atoms. The molecule has 5 nitrogen and oxygen atoms in total. The number of benzene rings is 1. The molecule has 2 amide bonds. The van der Waals surface area contributed by atoms with E-state index in [9.17, 15) is 14.0 Å². The minimum atomic E-state index is -0.311. The summed E-state index contributed by atoms with van der Waals surface area (Å²) in [5.74, 6) is -0.288. The lowest BCUT2D eigenvalue weighted by atomic mass is 9.99. The quantitative estimate of drug-likeness (QED) is 0.571. The van der Waals surface area contributed by atoms with Crippen LogP contribution in [0.1, 0.15) is 40.8 Å². The maximum Gasteiger partial charge on any atom is 0.264 e. The number of amides is 2. The fraction of sp³-hybridized carbons (Fsp3) is 0.333. The molecular weight excluding hydrogens is 413 g/mol. The summed E-state index contributed by atoms with van der Waals surface area (Å²) in [6, 6.07) is 13.6. The highest BCUT2D eigenvalue weighted by molar-refractivity contribution is 7.12. The normalized spacial score (nSPS) is 15.7. The largest absolute Gasteiger partial charge is 0.348 e. The standard InChI is InChI=1S/C24H26FN3O2S/c1-17(2)15-27(24(30)21-6-4-14-31-21)16-22(29)28-13-12-26-11-3-5-20(26)23(28)18-7-9-19(25)10-8-18/h3-11,14,17,23H,12-13,15-16H2,1-2H3. The molecule has 1 aliphatic rings. The zero-order valence-electron chi connectivity index (χ0n) is 17.7. The summed E-state index contributed by atoms with van der Waals surface area (Å²) in [5, 5.41) is 1.87. The number of carbonyl (C=O) groups excluding carboxylic acids is 2. The number of hydrogen-bond donors (Lipinski definition) is 0. The second-order valence-electron chi connectivity index (χ2n) is 8.22. The van der Waals surface area contributed by atoms with Crippen LogP contribution in [0.4, 0.5) is 4.39 Å². The minimum Gasteiger partial charge on any atom is -0.348 e. The van der Waals surface area contributed by atoms with Gasteiger partial charge in [-0.25, -0.2) is 4.39 Å². The van der Waals surface area contributed by atoms with Crippen LogP contribution in [0.25, 0.3) is 0 Å². The third-order valence-corrected chi connectivity index (χ3v) is 6.33. The predicted molar refractivity (Wildman–Crippen MR) is 119 cm³/mol. The number of carbonyl (C=O) groups is 2. The summed E-state index contributed by atoms with van der Waals surface area (Å²) in [6.45, 7) is 5.82. The number of rotatable bonds is 6. The molecule has 0 saturated heterocycles. The number of aromatic nitrogens is 1. The molecule has 1 aliphatic heterocycles. The maximum atomic E-state index is 13.5. The topological polar surface area (TPSA) is 45.6 Å². The molecule has 0 radical (unpaired) electrons. The van der Waals surface area contributed by atoms with Crippen molar-refractivity contribution < 1.29 is 14.0 Å². The monoisotopic (exact) mass is 439 g/mol. The van der Waals surface area contributed by atoms with E-state index in [-0.39, 0.29) is 36.1 Å². The molecule has 0 bridgehead atoms. The molecule has 0 N–H and O–H groups in total. The third kappa shape index (κ3) is 4.56. The fourth-order valence-electron chi connectivity index (χ4n) is 4.12. The zero-order valence-corrected chi connectivity index (χ0v) is 18.5. The van der Waals surface area contributed by atoms with Gasteiger partial charge in [-0.15, -0.1) is 11.3 Å². The van der Waals surface area contributed by atoms with E-state index in [1.54, 1.807) is 23.1 Å². The molecule has 0 spiro atoms. The van der Waals surface area contributed by atoms with Crippen LogP contribution >= 0.6 is 11.3 Å². The predicted octanol–water partition coefficient (Wildman–Crippen LogP) is 4.42. The van der Waals surface area contributed by atoms with Crippen LogP contribution in [0, 0.1) is 11.7 Å². The van der Waals surface area contributed by atoms with Gasteiger partial charge in [-0.2, -0.15) is 0 Å². The number of halogens is 1. The number of nitrogens with zero attached hydrogens (tertiary/aromatic N) is 3. The van der Waals surface area contributed by atoms with Gasteiger partial charge in [0.05, 0.1) is 10.9 Å². The van der Waals surface area contributed by atoms with E-state index >= 15 is 0 Å². The van der Waals surface area contributed by atoms with E-state index in [0.29, 0.717) is 24.5 Å². The van der Waals surface area contributed by atoms with E-state index in [1.165, 1.54) is 23.5 Å². The highest BCUT2D eigenvalue weighted by Crippen LogP contribution is 2.32. The van der Waals surface area contributed by atoms with Gasteiger partial charge < -0.3 is 14.4 Å². The van der Waals surface area contributed by atoms with Gasteiger partial charge in [0.1, 0.15) is 12.4 Å². The van der Waals surface area contributed by atoms with Gasteiger partial charge in [0.25, 0.3) is 5.91 Å². The molecule has 4 rings (SSSR count). The van der Waals surface area contributed by atoms with Crippen molar-refractivity contribution >= 4 is 23.2 Å². The number of fused-ring (bicyclic) bond motifs is 1. The summed E-state index contributed by atoms with van der Waals surface area (Å²) in [7, 11) is 0. The SMILES string of the molecule is CC(C)CN(CC(=O)N1CCn2cccc2C1c1ccc(F)cc1)C(=O)c1cccs1. The Balaban J connectivity index is 1.62. The van der Waals surface area contributed by atoms with Gasteiger partial charge in [0.15, 0.2) is 0 Å². The summed E-state index contributed by atoms with van der Waals surface area (Å²) in [5.41, 5.74) is 1.85. The van der Waals surface area contributed by atoms with Gasteiger partial charge in [0, 0.05) is 31.5 Å². The van der Waals surface area contributed by atoms with Crippen LogP contribution in [0.15, 0.2) is 60.1 Å². The highest BCUT2D eigenvalue weighted by atomic mass is 32.1. The van der Waals surface area contributed by atoms with Crippen LogP contribution in [0.5, 0.6) is 0 Å². The Morgan fingerprint density at radius 1 is 1.13 bits per heavy atom. The molecule has 0 fully saturated rings. The van der Waals surface area contributed by atoms with Crippen molar-refractivity contribution in [2.24, 2.45) is 5.92 Å². The molecule has 1 unspecified atom stereocenters. The van der Waals surface area contributed by atoms with Crippen molar-refractivity contribution in [2.75, 3.05) is 19.6 Å². The van der Waals surface area contributed by atoms with E-state index in [1.807, 2.05) is 48.5 Å². The van der Waals surface area contributed by atoms with Crippen LogP contribution in [-0.2, 0) is 11.3 Å². The molecule has 162 valence electrons. The lowest BCUT2D eigenvalue weighted by molar-refractivity contribution is -0.134. The molecule has 3 heterocycles.